The molecule has 0 bridgehead atoms. The van der Waals surface area contributed by atoms with Crippen molar-refractivity contribution in [2.45, 2.75) is 32.0 Å². The van der Waals surface area contributed by atoms with E-state index >= 15 is 0 Å². The molecule has 0 spiro atoms. The second-order valence-electron chi connectivity index (χ2n) is 4.73. The van der Waals surface area contributed by atoms with Gasteiger partial charge in [0.25, 0.3) is 0 Å². The van der Waals surface area contributed by atoms with E-state index in [-0.39, 0.29) is 5.56 Å². The van der Waals surface area contributed by atoms with Gasteiger partial charge in [0.1, 0.15) is 5.75 Å². The van der Waals surface area contributed by atoms with Crippen LogP contribution in [0.5, 0.6) is 5.75 Å². The standard InChI is InChI=1S/C12H14O4/c1-11(2)8-5-4-7(10(13)14)6-9(8)16-12(11,3)15/h4-6,15H,1-3H3,(H,13,14). The van der Waals surface area contributed by atoms with E-state index in [0.717, 1.165) is 5.56 Å². The van der Waals surface area contributed by atoms with Crippen molar-refractivity contribution in [1.29, 1.82) is 0 Å². The summed E-state index contributed by atoms with van der Waals surface area (Å²) < 4.78 is 5.39. The van der Waals surface area contributed by atoms with E-state index in [1.54, 1.807) is 13.0 Å². The van der Waals surface area contributed by atoms with Gasteiger partial charge in [0, 0.05) is 12.5 Å². The average molecular weight is 222 g/mol. The van der Waals surface area contributed by atoms with Crippen molar-refractivity contribution in [3.63, 3.8) is 0 Å². The first kappa shape index (κ1) is 11.0. The smallest absolute Gasteiger partial charge is 0.335 e. The predicted octanol–water partition coefficient (Wildman–Crippen LogP) is 1.76. The van der Waals surface area contributed by atoms with Gasteiger partial charge in [-0.25, -0.2) is 4.79 Å². The van der Waals surface area contributed by atoms with Gasteiger partial charge in [-0.2, -0.15) is 0 Å². The van der Waals surface area contributed by atoms with Crippen LogP contribution in [0.1, 0.15) is 36.7 Å². The first-order valence-corrected chi connectivity index (χ1v) is 5.05. The second kappa shape index (κ2) is 2.98. The van der Waals surface area contributed by atoms with E-state index in [1.807, 2.05) is 13.8 Å². The summed E-state index contributed by atoms with van der Waals surface area (Å²) in [6.07, 6.45) is 0. The Hall–Kier alpha value is -1.55. The van der Waals surface area contributed by atoms with Crippen molar-refractivity contribution in [3.05, 3.63) is 29.3 Å². The van der Waals surface area contributed by atoms with Crippen LogP contribution in [0.2, 0.25) is 0 Å². The molecule has 0 saturated carbocycles. The Balaban J connectivity index is 2.56. The zero-order valence-electron chi connectivity index (χ0n) is 9.44. The van der Waals surface area contributed by atoms with E-state index in [4.69, 9.17) is 9.84 Å². The monoisotopic (exact) mass is 222 g/mol. The molecule has 0 aromatic heterocycles. The zero-order chi connectivity index (χ0) is 12.1. The lowest BCUT2D eigenvalue weighted by molar-refractivity contribution is -0.149. The van der Waals surface area contributed by atoms with Crippen LogP contribution in [0.25, 0.3) is 0 Å². The number of fused-ring (bicyclic) bond motifs is 1. The third-order valence-corrected chi connectivity index (χ3v) is 3.37. The fourth-order valence-corrected chi connectivity index (χ4v) is 1.85. The summed E-state index contributed by atoms with van der Waals surface area (Å²) in [5, 5.41) is 19.0. The van der Waals surface area contributed by atoms with E-state index in [2.05, 4.69) is 0 Å². The molecule has 2 N–H and O–H groups in total. The summed E-state index contributed by atoms with van der Waals surface area (Å²) in [7, 11) is 0. The van der Waals surface area contributed by atoms with Crippen molar-refractivity contribution in [2.24, 2.45) is 0 Å². The molecule has 0 aliphatic carbocycles. The maximum absolute atomic E-state index is 10.8. The number of hydrogen-bond acceptors (Lipinski definition) is 3. The first-order valence-electron chi connectivity index (χ1n) is 5.05. The Labute approximate surface area is 93.5 Å². The lowest BCUT2D eigenvalue weighted by Gasteiger charge is -2.31. The van der Waals surface area contributed by atoms with Gasteiger partial charge in [0.2, 0.25) is 5.79 Å². The minimum absolute atomic E-state index is 0.159. The third-order valence-electron chi connectivity index (χ3n) is 3.37. The van der Waals surface area contributed by atoms with Gasteiger partial charge in [0.15, 0.2) is 0 Å². The molecule has 1 aromatic rings. The lowest BCUT2D eigenvalue weighted by atomic mass is 9.79. The normalized spacial score (nSPS) is 26.0. The fourth-order valence-electron chi connectivity index (χ4n) is 1.85. The van der Waals surface area contributed by atoms with Crippen molar-refractivity contribution < 1.29 is 19.7 Å². The van der Waals surface area contributed by atoms with Crippen molar-refractivity contribution in [3.8, 4) is 5.75 Å². The average Bonchev–Trinajstić information content (AvgIpc) is 2.32. The van der Waals surface area contributed by atoms with Crippen LogP contribution in [-0.2, 0) is 5.41 Å². The highest BCUT2D eigenvalue weighted by Gasteiger charge is 2.50. The van der Waals surface area contributed by atoms with E-state index < -0.39 is 17.2 Å². The minimum Gasteiger partial charge on any atom is -0.478 e. The summed E-state index contributed by atoms with van der Waals surface area (Å²) in [6.45, 7) is 5.30. The predicted molar refractivity (Wildman–Crippen MR) is 57.7 cm³/mol. The van der Waals surface area contributed by atoms with Gasteiger partial charge < -0.3 is 14.9 Å². The van der Waals surface area contributed by atoms with E-state index in [1.165, 1.54) is 12.1 Å². The highest BCUT2D eigenvalue weighted by atomic mass is 16.6. The molecule has 1 aromatic carbocycles. The molecule has 0 saturated heterocycles. The van der Waals surface area contributed by atoms with Gasteiger partial charge >= 0.3 is 5.97 Å². The molecular formula is C12H14O4. The number of carbonyl (C=O) groups is 1. The largest absolute Gasteiger partial charge is 0.478 e. The molecule has 0 radical (unpaired) electrons. The number of carboxylic acid groups (broad SMARTS) is 1. The van der Waals surface area contributed by atoms with Gasteiger partial charge in [-0.15, -0.1) is 0 Å². The number of rotatable bonds is 1. The van der Waals surface area contributed by atoms with Crippen LogP contribution in [0.15, 0.2) is 18.2 Å². The third kappa shape index (κ3) is 1.30. The molecule has 1 atom stereocenters. The molecule has 1 heterocycles. The van der Waals surface area contributed by atoms with Gasteiger partial charge in [-0.3, -0.25) is 0 Å². The van der Waals surface area contributed by atoms with Gasteiger partial charge in [-0.1, -0.05) is 6.07 Å². The molecule has 4 nitrogen and oxygen atoms in total. The molecular weight excluding hydrogens is 208 g/mol. The number of ether oxygens (including phenoxy) is 1. The minimum atomic E-state index is -1.31. The van der Waals surface area contributed by atoms with Crippen LogP contribution in [-0.4, -0.2) is 22.0 Å². The lowest BCUT2D eigenvalue weighted by Crippen LogP contribution is -2.44. The van der Waals surface area contributed by atoms with E-state index in [9.17, 15) is 9.90 Å². The summed E-state index contributed by atoms with van der Waals surface area (Å²) in [6, 6.07) is 4.66. The molecule has 2 rings (SSSR count). The van der Waals surface area contributed by atoms with Crippen molar-refractivity contribution in [1.82, 2.24) is 0 Å². The summed E-state index contributed by atoms with van der Waals surface area (Å²) in [5.41, 5.74) is 0.425. The molecule has 1 aliphatic heterocycles. The highest BCUT2D eigenvalue weighted by Crippen LogP contribution is 2.47. The Bertz CT molecular complexity index is 460. The van der Waals surface area contributed by atoms with Crippen LogP contribution in [0, 0.1) is 0 Å². The number of aliphatic hydroxyl groups is 1. The van der Waals surface area contributed by atoms with E-state index in [0.29, 0.717) is 5.75 Å². The Morgan fingerprint density at radius 2 is 1.94 bits per heavy atom. The number of carboxylic acids is 1. The molecule has 86 valence electrons. The van der Waals surface area contributed by atoms with Crippen molar-refractivity contribution >= 4 is 5.97 Å². The molecule has 1 aliphatic rings. The van der Waals surface area contributed by atoms with Crippen LogP contribution in [0.3, 0.4) is 0 Å². The molecule has 0 fully saturated rings. The SMILES string of the molecule is CC1(O)Oc2cc(C(=O)O)ccc2C1(C)C. The quantitative estimate of drug-likeness (QED) is 0.759. The molecule has 1 unspecified atom stereocenters. The highest BCUT2D eigenvalue weighted by molar-refractivity contribution is 5.88. The number of hydrogen-bond donors (Lipinski definition) is 2. The zero-order valence-corrected chi connectivity index (χ0v) is 9.44. The molecule has 0 amide bonds. The van der Waals surface area contributed by atoms with Crippen LogP contribution >= 0.6 is 0 Å². The second-order valence-corrected chi connectivity index (χ2v) is 4.73. The first-order chi connectivity index (χ1) is 7.25. The fraction of sp³-hybridized carbons (Fsp3) is 0.417. The van der Waals surface area contributed by atoms with Gasteiger partial charge in [-0.05, 0) is 26.0 Å². The molecule has 4 heteroatoms. The summed E-state index contributed by atoms with van der Waals surface area (Å²) >= 11 is 0. The number of benzene rings is 1. The van der Waals surface area contributed by atoms with Crippen molar-refractivity contribution in [2.75, 3.05) is 0 Å². The number of aromatic carboxylic acids is 1. The maximum Gasteiger partial charge on any atom is 0.335 e. The summed E-state index contributed by atoms with van der Waals surface area (Å²) in [5.74, 6) is -1.88. The molecule has 16 heavy (non-hydrogen) atoms. The topological polar surface area (TPSA) is 66.8 Å². The Morgan fingerprint density at radius 1 is 1.31 bits per heavy atom. The summed E-state index contributed by atoms with van der Waals surface area (Å²) in [4.78, 5) is 10.8. The maximum atomic E-state index is 10.8. The Morgan fingerprint density at radius 3 is 2.50 bits per heavy atom. The van der Waals surface area contributed by atoms with Crippen LogP contribution in [0.4, 0.5) is 0 Å². The van der Waals surface area contributed by atoms with Gasteiger partial charge in [0.05, 0.1) is 11.0 Å². The Kier molecular flexibility index (Phi) is 2.04. The van der Waals surface area contributed by atoms with Crippen LogP contribution < -0.4 is 4.74 Å².